The molecule has 0 fully saturated rings. The second kappa shape index (κ2) is 6.89. The Bertz CT molecular complexity index is 874. The van der Waals surface area contributed by atoms with Crippen LogP contribution < -0.4 is 10.6 Å². The Balaban J connectivity index is 1.85. The Hall–Kier alpha value is -2.95. The molecule has 5 heteroatoms. The molecule has 0 unspecified atom stereocenters. The zero-order valence-electron chi connectivity index (χ0n) is 15.3. The van der Waals surface area contributed by atoms with Crippen molar-refractivity contribution in [2.45, 2.75) is 34.6 Å². The Morgan fingerprint density at radius 1 is 0.720 bits per heavy atom. The average Bonchev–Trinajstić information content (AvgIpc) is 2.50. The summed E-state index contributed by atoms with van der Waals surface area (Å²) in [5.41, 5.74) is 8.01. The molecule has 0 amide bonds. The van der Waals surface area contributed by atoms with Crippen molar-refractivity contribution in [2.75, 3.05) is 10.6 Å². The van der Waals surface area contributed by atoms with Gasteiger partial charge in [0.15, 0.2) is 5.82 Å². The smallest absolute Gasteiger partial charge is 0.249 e. The van der Waals surface area contributed by atoms with Crippen LogP contribution in [-0.2, 0) is 0 Å². The lowest BCUT2D eigenvalue weighted by Crippen LogP contribution is -2.04. The molecule has 3 aromatic rings. The Labute approximate surface area is 148 Å². The van der Waals surface area contributed by atoms with Gasteiger partial charge in [0.25, 0.3) is 0 Å². The maximum Gasteiger partial charge on any atom is 0.249 e. The summed E-state index contributed by atoms with van der Waals surface area (Å²) in [6.07, 6.45) is 1.63. The van der Waals surface area contributed by atoms with E-state index in [4.69, 9.17) is 0 Å². The molecule has 0 aliphatic rings. The summed E-state index contributed by atoms with van der Waals surface area (Å²) in [4.78, 5) is 4.53. The van der Waals surface area contributed by atoms with Gasteiger partial charge < -0.3 is 10.6 Å². The third-order valence-electron chi connectivity index (χ3n) is 3.97. The van der Waals surface area contributed by atoms with Crippen LogP contribution in [0.25, 0.3) is 0 Å². The molecule has 0 bridgehead atoms. The van der Waals surface area contributed by atoms with E-state index in [1.54, 1.807) is 6.20 Å². The van der Waals surface area contributed by atoms with Gasteiger partial charge >= 0.3 is 0 Å². The first-order valence-corrected chi connectivity index (χ1v) is 8.30. The molecule has 25 heavy (non-hydrogen) atoms. The minimum Gasteiger partial charge on any atom is -0.338 e. The number of aromatic nitrogens is 3. The van der Waals surface area contributed by atoms with Crippen molar-refractivity contribution in [2.24, 2.45) is 0 Å². The maximum absolute atomic E-state index is 4.53. The van der Waals surface area contributed by atoms with E-state index in [0.29, 0.717) is 11.8 Å². The highest BCUT2D eigenvalue weighted by atomic mass is 15.3. The summed E-state index contributed by atoms with van der Waals surface area (Å²) in [5.74, 6) is 1.13. The molecule has 0 atom stereocenters. The van der Waals surface area contributed by atoms with E-state index < -0.39 is 0 Å². The Kier molecular flexibility index (Phi) is 4.65. The van der Waals surface area contributed by atoms with E-state index in [9.17, 15) is 0 Å². The highest BCUT2D eigenvalue weighted by molar-refractivity contribution is 5.66. The van der Waals surface area contributed by atoms with Gasteiger partial charge in [-0.05, 0) is 69.0 Å². The van der Waals surface area contributed by atoms with Crippen LogP contribution in [0.5, 0.6) is 0 Å². The third kappa shape index (κ3) is 4.12. The molecule has 128 valence electrons. The number of benzene rings is 2. The van der Waals surface area contributed by atoms with Crippen LogP contribution in [0.15, 0.2) is 36.5 Å². The predicted molar refractivity (Wildman–Crippen MR) is 103 cm³/mol. The van der Waals surface area contributed by atoms with Gasteiger partial charge in [-0.25, -0.2) is 0 Å². The van der Waals surface area contributed by atoms with Crippen LogP contribution in [0.3, 0.4) is 0 Å². The summed E-state index contributed by atoms with van der Waals surface area (Å²) < 4.78 is 0. The molecule has 1 aromatic heterocycles. The van der Waals surface area contributed by atoms with Crippen molar-refractivity contribution < 1.29 is 0 Å². The summed E-state index contributed by atoms with van der Waals surface area (Å²) >= 11 is 0. The lowest BCUT2D eigenvalue weighted by atomic mass is 10.1. The van der Waals surface area contributed by atoms with E-state index in [-0.39, 0.29) is 0 Å². The van der Waals surface area contributed by atoms with Gasteiger partial charge in [-0.15, -0.1) is 5.10 Å². The number of hydrogen-bond acceptors (Lipinski definition) is 5. The van der Waals surface area contributed by atoms with Gasteiger partial charge in [-0.2, -0.15) is 10.1 Å². The zero-order valence-corrected chi connectivity index (χ0v) is 15.3. The molecule has 0 spiro atoms. The van der Waals surface area contributed by atoms with Crippen molar-refractivity contribution in [1.82, 2.24) is 15.2 Å². The largest absolute Gasteiger partial charge is 0.338 e. The van der Waals surface area contributed by atoms with E-state index >= 15 is 0 Å². The van der Waals surface area contributed by atoms with Crippen molar-refractivity contribution in [3.05, 3.63) is 64.3 Å². The second-order valence-electron chi connectivity index (χ2n) is 6.57. The number of hydrogen-bond donors (Lipinski definition) is 2. The zero-order chi connectivity index (χ0) is 18.0. The van der Waals surface area contributed by atoms with Crippen LogP contribution in [-0.4, -0.2) is 15.2 Å². The van der Waals surface area contributed by atoms with E-state index in [0.717, 1.165) is 11.4 Å². The molecule has 1 heterocycles. The monoisotopic (exact) mass is 333 g/mol. The van der Waals surface area contributed by atoms with Gasteiger partial charge in [0, 0.05) is 11.4 Å². The lowest BCUT2D eigenvalue weighted by molar-refractivity contribution is 0.981. The lowest BCUT2D eigenvalue weighted by Gasteiger charge is -2.13. The van der Waals surface area contributed by atoms with Gasteiger partial charge in [0.1, 0.15) is 0 Å². The number of aryl methyl sites for hydroxylation is 5. The minimum absolute atomic E-state index is 0.470. The number of nitrogens with zero attached hydrogens (tertiary/aromatic N) is 3. The topological polar surface area (TPSA) is 62.7 Å². The highest BCUT2D eigenvalue weighted by Crippen LogP contribution is 2.25. The van der Waals surface area contributed by atoms with Crippen LogP contribution in [0.4, 0.5) is 23.1 Å². The fourth-order valence-corrected chi connectivity index (χ4v) is 3.10. The number of anilines is 4. The molecular weight excluding hydrogens is 310 g/mol. The van der Waals surface area contributed by atoms with Gasteiger partial charge in [0.2, 0.25) is 5.95 Å². The van der Waals surface area contributed by atoms with E-state index in [2.05, 4.69) is 90.8 Å². The molecule has 2 N–H and O–H groups in total. The fraction of sp³-hybridized carbons (Fsp3) is 0.250. The minimum atomic E-state index is 0.470. The Morgan fingerprint density at radius 3 is 1.96 bits per heavy atom. The van der Waals surface area contributed by atoms with E-state index in [1.165, 1.54) is 27.8 Å². The molecule has 3 rings (SSSR count). The average molecular weight is 333 g/mol. The van der Waals surface area contributed by atoms with Gasteiger partial charge in [0.05, 0.1) is 6.20 Å². The van der Waals surface area contributed by atoms with Gasteiger partial charge in [-0.1, -0.05) is 23.8 Å². The van der Waals surface area contributed by atoms with Crippen molar-refractivity contribution in [3.8, 4) is 0 Å². The van der Waals surface area contributed by atoms with Crippen molar-refractivity contribution in [1.29, 1.82) is 0 Å². The molecule has 0 saturated heterocycles. The standard InChI is InChI=1S/C20H23N5/c1-12-6-13(2)10-17(9-12)22-20-24-18(11-21-25-20)23-19-15(4)7-14(3)8-16(19)5/h6-11H,1-5H3,(H2,22,23,24,25). The Morgan fingerprint density at radius 2 is 1.32 bits per heavy atom. The fourth-order valence-electron chi connectivity index (χ4n) is 3.10. The SMILES string of the molecule is Cc1cc(C)cc(Nc2nncc(Nc3c(C)cc(C)cc3C)n2)c1. The van der Waals surface area contributed by atoms with Crippen molar-refractivity contribution in [3.63, 3.8) is 0 Å². The van der Waals surface area contributed by atoms with Crippen LogP contribution in [0.1, 0.15) is 27.8 Å². The maximum atomic E-state index is 4.53. The number of rotatable bonds is 4. The predicted octanol–water partition coefficient (Wildman–Crippen LogP) is 4.90. The molecule has 0 radical (unpaired) electrons. The van der Waals surface area contributed by atoms with Crippen LogP contribution in [0, 0.1) is 34.6 Å². The molecule has 5 nitrogen and oxygen atoms in total. The summed E-state index contributed by atoms with van der Waals surface area (Å²) in [7, 11) is 0. The number of nitrogens with one attached hydrogen (secondary N) is 2. The first kappa shape index (κ1) is 16.9. The van der Waals surface area contributed by atoms with E-state index in [1.807, 2.05) is 0 Å². The summed E-state index contributed by atoms with van der Waals surface area (Å²) in [5, 5.41) is 14.7. The summed E-state index contributed by atoms with van der Waals surface area (Å²) in [6, 6.07) is 10.6. The quantitative estimate of drug-likeness (QED) is 0.711. The first-order chi connectivity index (χ1) is 11.9. The van der Waals surface area contributed by atoms with Gasteiger partial charge in [-0.3, -0.25) is 0 Å². The van der Waals surface area contributed by atoms with Crippen LogP contribution >= 0.6 is 0 Å². The molecule has 2 aromatic carbocycles. The summed E-state index contributed by atoms with van der Waals surface area (Å²) in [6.45, 7) is 10.4. The molecule has 0 aliphatic heterocycles. The highest BCUT2D eigenvalue weighted by Gasteiger charge is 2.07. The molecular formula is C20H23N5. The molecule has 0 saturated carbocycles. The first-order valence-electron chi connectivity index (χ1n) is 8.30. The van der Waals surface area contributed by atoms with Crippen molar-refractivity contribution >= 4 is 23.1 Å². The molecule has 0 aliphatic carbocycles. The second-order valence-corrected chi connectivity index (χ2v) is 6.57. The van der Waals surface area contributed by atoms with Crippen LogP contribution in [0.2, 0.25) is 0 Å². The third-order valence-corrected chi connectivity index (χ3v) is 3.97. The normalized spacial score (nSPS) is 10.6.